The van der Waals surface area contributed by atoms with E-state index in [4.69, 9.17) is 0 Å². The molecule has 0 radical (unpaired) electrons. The summed E-state index contributed by atoms with van der Waals surface area (Å²) in [5, 5.41) is 6.97. The van der Waals surface area contributed by atoms with Crippen LogP contribution in [0.15, 0.2) is 42.6 Å². The minimum atomic E-state index is -0.151. The lowest BCUT2D eigenvalue weighted by molar-refractivity contribution is 0.0934. The van der Waals surface area contributed by atoms with E-state index in [0.717, 1.165) is 5.56 Å². The third kappa shape index (κ3) is 2.72. The standard InChI is InChI=1S/C13H15N3O/c1-10(11-6-4-3-5-7-11)14-13(17)12-8-9-16(2)15-12/h3-10H,1-2H3,(H,14,17). The molecule has 1 aromatic heterocycles. The zero-order valence-corrected chi connectivity index (χ0v) is 9.92. The third-order valence-electron chi connectivity index (χ3n) is 2.59. The number of nitrogens with one attached hydrogen (secondary N) is 1. The normalized spacial score (nSPS) is 12.1. The zero-order valence-electron chi connectivity index (χ0n) is 9.92. The molecule has 4 heteroatoms. The van der Waals surface area contributed by atoms with Crippen LogP contribution in [-0.2, 0) is 7.05 Å². The molecular formula is C13H15N3O. The predicted octanol–water partition coefficient (Wildman–Crippen LogP) is 1.91. The van der Waals surface area contributed by atoms with E-state index in [9.17, 15) is 4.79 Å². The average Bonchev–Trinajstić information content (AvgIpc) is 2.77. The molecule has 0 spiro atoms. The van der Waals surface area contributed by atoms with Gasteiger partial charge in [0.15, 0.2) is 0 Å². The van der Waals surface area contributed by atoms with Gasteiger partial charge in [0.05, 0.1) is 6.04 Å². The molecule has 2 aromatic rings. The number of benzene rings is 1. The number of carbonyl (C=O) groups is 1. The summed E-state index contributed by atoms with van der Waals surface area (Å²) < 4.78 is 1.61. The van der Waals surface area contributed by atoms with E-state index >= 15 is 0 Å². The molecule has 1 amide bonds. The number of aryl methyl sites for hydroxylation is 1. The van der Waals surface area contributed by atoms with Crippen LogP contribution in [0.3, 0.4) is 0 Å². The van der Waals surface area contributed by atoms with E-state index < -0.39 is 0 Å². The van der Waals surface area contributed by atoms with Gasteiger partial charge < -0.3 is 5.32 Å². The second-order valence-corrected chi connectivity index (χ2v) is 3.98. The Hall–Kier alpha value is -2.10. The van der Waals surface area contributed by atoms with Gasteiger partial charge in [0.2, 0.25) is 0 Å². The Morgan fingerprint density at radius 2 is 2.00 bits per heavy atom. The minimum Gasteiger partial charge on any atom is -0.344 e. The Morgan fingerprint density at radius 1 is 1.29 bits per heavy atom. The predicted molar refractivity (Wildman–Crippen MR) is 65.5 cm³/mol. The van der Waals surface area contributed by atoms with Crippen molar-refractivity contribution in [3.05, 3.63) is 53.9 Å². The summed E-state index contributed by atoms with van der Waals surface area (Å²) in [4.78, 5) is 11.9. The summed E-state index contributed by atoms with van der Waals surface area (Å²) >= 11 is 0. The third-order valence-corrected chi connectivity index (χ3v) is 2.59. The molecule has 1 aromatic carbocycles. The molecule has 0 aliphatic heterocycles. The number of nitrogens with zero attached hydrogens (tertiary/aromatic N) is 2. The van der Waals surface area contributed by atoms with Crippen molar-refractivity contribution in [3.63, 3.8) is 0 Å². The molecule has 4 nitrogen and oxygen atoms in total. The smallest absolute Gasteiger partial charge is 0.272 e. The van der Waals surface area contributed by atoms with Crippen LogP contribution in [0.5, 0.6) is 0 Å². The van der Waals surface area contributed by atoms with Crippen molar-refractivity contribution in [2.24, 2.45) is 7.05 Å². The SMILES string of the molecule is CC(NC(=O)c1ccn(C)n1)c1ccccc1. The Labute approximate surface area is 100 Å². The summed E-state index contributed by atoms with van der Waals surface area (Å²) in [6, 6.07) is 11.5. The molecule has 1 N–H and O–H groups in total. The molecule has 1 unspecified atom stereocenters. The monoisotopic (exact) mass is 229 g/mol. The van der Waals surface area contributed by atoms with Gasteiger partial charge in [-0.2, -0.15) is 5.10 Å². The highest BCUT2D eigenvalue weighted by Crippen LogP contribution is 2.11. The maximum Gasteiger partial charge on any atom is 0.272 e. The van der Waals surface area contributed by atoms with E-state index in [1.165, 1.54) is 0 Å². The van der Waals surface area contributed by atoms with E-state index in [1.54, 1.807) is 24.0 Å². The summed E-state index contributed by atoms with van der Waals surface area (Å²) in [7, 11) is 1.79. The van der Waals surface area contributed by atoms with Crippen LogP contribution >= 0.6 is 0 Å². The Kier molecular flexibility index (Phi) is 3.23. The van der Waals surface area contributed by atoms with Gasteiger partial charge in [-0.3, -0.25) is 9.48 Å². The molecule has 17 heavy (non-hydrogen) atoms. The van der Waals surface area contributed by atoms with Crippen LogP contribution in [0.25, 0.3) is 0 Å². The fraction of sp³-hybridized carbons (Fsp3) is 0.231. The number of carbonyl (C=O) groups excluding carboxylic acids is 1. The summed E-state index contributed by atoms with van der Waals surface area (Å²) in [6.07, 6.45) is 1.75. The lowest BCUT2D eigenvalue weighted by Gasteiger charge is -2.13. The van der Waals surface area contributed by atoms with Crippen molar-refractivity contribution in [2.45, 2.75) is 13.0 Å². The van der Waals surface area contributed by atoms with Crippen LogP contribution in [0.4, 0.5) is 0 Å². The molecule has 0 aliphatic carbocycles. The number of rotatable bonds is 3. The van der Waals surface area contributed by atoms with Crippen LogP contribution in [0.1, 0.15) is 29.0 Å². The Balaban J connectivity index is 2.04. The topological polar surface area (TPSA) is 46.9 Å². The molecule has 0 saturated heterocycles. The fourth-order valence-corrected chi connectivity index (χ4v) is 1.63. The van der Waals surface area contributed by atoms with Crippen LogP contribution < -0.4 is 5.32 Å². The lowest BCUT2D eigenvalue weighted by Crippen LogP contribution is -2.27. The number of hydrogen-bond acceptors (Lipinski definition) is 2. The first kappa shape index (κ1) is 11.4. The molecule has 0 fully saturated rings. The summed E-state index contributed by atoms with van der Waals surface area (Å²) in [6.45, 7) is 1.95. The highest BCUT2D eigenvalue weighted by molar-refractivity contribution is 5.92. The quantitative estimate of drug-likeness (QED) is 0.874. The maximum absolute atomic E-state index is 11.9. The van der Waals surface area contributed by atoms with Crippen LogP contribution in [0.2, 0.25) is 0 Å². The van der Waals surface area contributed by atoms with Gasteiger partial charge in [-0.1, -0.05) is 30.3 Å². The fourth-order valence-electron chi connectivity index (χ4n) is 1.63. The molecule has 1 atom stereocenters. The van der Waals surface area contributed by atoms with Gasteiger partial charge in [-0.15, -0.1) is 0 Å². The van der Waals surface area contributed by atoms with Gasteiger partial charge >= 0.3 is 0 Å². The maximum atomic E-state index is 11.9. The van der Waals surface area contributed by atoms with E-state index in [-0.39, 0.29) is 11.9 Å². The zero-order chi connectivity index (χ0) is 12.3. The second kappa shape index (κ2) is 4.82. The average molecular weight is 229 g/mol. The molecule has 0 saturated carbocycles. The molecule has 1 heterocycles. The number of aromatic nitrogens is 2. The van der Waals surface area contributed by atoms with E-state index in [0.29, 0.717) is 5.69 Å². The highest BCUT2D eigenvalue weighted by atomic mass is 16.2. The largest absolute Gasteiger partial charge is 0.344 e. The molecule has 0 bridgehead atoms. The summed E-state index contributed by atoms with van der Waals surface area (Å²) in [5.74, 6) is -0.151. The van der Waals surface area contributed by atoms with Crippen LogP contribution in [-0.4, -0.2) is 15.7 Å². The first-order valence-electron chi connectivity index (χ1n) is 5.52. The van der Waals surface area contributed by atoms with Crippen LogP contribution in [0, 0.1) is 0 Å². The Morgan fingerprint density at radius 3 is 2.59 bits per heavy atom. The molecule has 2 rings (SSSR count). The van der Waals surface area contributed by atoms with E-state index in [2.05, 4.69) is 10.4 Å². The van der Waals surface area contributed by atoms with Gasteiger partial charge in [0.1, 0.15) is 5.69 Å². The van der Waals surface area contributed by atoms with Crippen molar-refractivity contribution in [2.75, 3.05) is 0 Å². The first-order valence-corrected chi connectivity index (χ1v) is 5.52. The van der Waals surface area contributed by atoms with E-state index in [1.807, 2.05) is 37.3 Å². The van der Waals surface area contributed by atoms with Gasteiger partial charge in [-0.05, 0) is 18.6 Å². The van der Waals surface area contributed by atoms with Crippen molar-refractivity contribution in [1.29, 1.82) is 0 Å². The lowest BCUT2D eigenvalue weighted by atomic mass is 10.1. The Bertz CT molecular complexity index is 504. The molecule has 88 valence electrons. The first-order chi connectivity index (χ1) is 8.16. The second-order valence-electron chi connectivity index (χ2n) is 3.98. The number of amides is 1. The van der Waals surface area contributed by atoms with Gasteiger partial charge in [-0.25, -0.2) is 0 Å². The van der Waals surface area contributed by atoms with Gasteiger partial charge in [0, 0.05) is 13.2 Å². The van der Waals surface area contributed by atoms with Crippen molar-refractivity contribution < 1.29 is 4.79 Å². The number of hydrogen-bond donors (Lipinski definition) is 1. The minimum absolute atomic E-state index is 0.0225. The summed E-state index contributed by atoms with van der Waals surface area (Å²) in [5.41, 5.74) is 1.52. The van der Waals surface area contributed by atoms with Crippen molar-refractivity contribution in [3.8, 4) is 0 Å². The van der Waals surface area contributed by atoms with Crippen molar-refractivity contribution in [1.82, 2.24) is 15.1 Å². The van der Waals surface area contributed by atoms with Gasteiger partial charge in [0.25, 0.3) is 5.91 Å². The molecule has 0 aliphatic rings. The van der Waals surface area contributed by atoms with Crippen molar-refractivity contribution >= 4 is 5.91 Å². The molecular weight excluding hydrogens is 214 g/mol. The highest BCUT2D eigenvalue weighted by Gasteiger charge is 2.12.